The molecule has 2 aromatic heterocycles. The van der Waals surface area contributed by atoms with Crippen LogP contribution in [-0.4, -0.2) is 40.0 Å². The van der Waals surface area contributed by atoms with Gasteiger partial charge >= 0.3 is 0 Å². The number of fused-ring (bicyclic) bond motifs is 1. The van der Waals surface area contributed by atoms with Crippen LogP contribution in [0.5, 0.6) is 11.5 Å². The molecule has 7 nitrogen and oxygen atoms in total. The summed E-state index contributed by atoms with van der Waals surface area (Å²) in [5, 5.41) is 12.3. The number of methoxy groups -OCH3 is 2. The van der Waals surface area contributed by atoms with Crippen LogP contribution in [0.2, 0.25) is 0 Å². The van der Waals surface area contributed by atoms with Gasteiger partial charge in [-0.15, -0.1) is 0 Å². The van der Waals surface area contributed by atoms with E-state index in [0.717, 1.165) is 33.5 Å². The molecule has 0 saturated heterocycles. The predicted molar refractivity (Wildman–Crippen MR) is 105 cm³/mol. The van der Waals surface area contributed by atoms with E-state index in [1.165, 1.54) is 0 Å². The first-order valence-electron chi connectivity index (χ1n) is 8.86. The Morgan fingerprint density at radius 3 is 2.57 bits per heavy atom. The molecule has 0 radical (unpaired) electrons. The van der Waals surface area contributed by atoms with Crippen LogP contribution >= 0.6 is 0 Å². The molecule has 0 spiro atoms. The van der Waals surface area contributed by atoms with Gasteiger partial charge in [0.05, 0.1) is 32.5 Å². The van der Waals surface area contributed by atoms with Gasteiger partial charge in [-0.1, -0.05) is 18.2 Å². The van der Waals surface area contributed by atoms with E-state index in [1.54, 1.807) is 25.1 Å². The highest BCUT2D eigenvalue weighted by Gasteiger charge is 2.15. The molecule has 4 aromatic rings. The zero-order valence-corrected chi connectivity index (χ0v) is 15.7. The van der Waals surface area contributed by atoms with Crippen LogP contribution in [-0.2, 0) is 13.0 Å². The summed E-state index contributed by atoms with van der Waals surface area (Å²) < 4.78 is 12.4. The van der Waals surface area contributed by atoms with Crippen molar-refractivity contribution >= 4 is 16.7 Å². The van der Waals surface area contributed by atoms with Gasteiger partial charge < -0.3 is 9.47 Å². The summed E-state index contributed by atoms with van der Waals surface area (Å²) in [6, 6.07) is 13.3. The number of aromatic nitrogens is 4. The third kappa shape index (κ3) is 3.59. The first-order chi connectivity index (χ1) is 13.7. The molecule has 0 unspecified atom stereocenters. The number of Topliss-reactive ketones (excluding diaryl/α,β-unsaturated/α-hetero) is 1. The van der Waals surface area contributed by atoms with Crippen molar-refractivity contribution in [3.63, 3.8) is 0 Å². The van der Waals surface area contributed by atoms with Gasteiger partial charge in [-0.05, 0) is 29.3 Å². The largest absolute Gasteiger partial charge is 0.497 e. The van der Waals surface area contributed by atoms with Crippen molar-refractivity contribution in [3.05, 3.63) is 71.7 Å². The van der Waals surface area contributed by atoms with Crippen molar-refractivity contribution in [2.24, 2.45) is 0 Å². The number of hydrogen-bond acceptors (Lipinski definition) is 5. The Morgan fingerprint density at radius 1 is 1.07 bits per heavy atom. The number of ether oxygens (including phenoxy) is 2. The van der Waals surface area contributed by atoms with Crippen LogP contribution in [0.15, 0.2) is 54.9 Å². The summed E-state index contributed by atoms with van der Waals surface area (Å²) >= 11 is 0. The number of nitrogens with one attached hydrogen (secondary N) is 1. The number of para-hydroxylation sites is 1. The van der Waals surface area contributed by atoms with Crippen molar-refractivity contribution in [3.8, 4) is 11.5 Å². The van der Waals surface area contributed by atoms with Gasteiger partial charge in [-0.2, -0.15) is 10.2 Å². The summed E-state index contributed by atoms with van der Waals surface area (Å²) in [7, 11) is 3.24. The van der Waals surface area contributed by atoms with E-state index in [1.807, 2.05) is 48.7 Å². The molecule has 0 aliphatic rings. The molecule has 7 heteroatoms. The number of carbonyl (C=O) groups is 1. The van der Waals surface area contributed by atoms with Crippen LogP contribution < -0.4 is 9.47 Å². The van der Waals surface area contributed by atoms with Crippen LogP contribution in [0.1, 0.15) is 21.6 Å². The minimum absolute atomic E-state index is 0.0416. The Labute approximate surface area is 161 Å². The monoisotopic (exact) mass is 376 g/mol. The summed E-state index contributed by atoms with van der Waals surface area (Å²) in [5.41, 5.74) is 3.15. The Bertz CT molecular complexity index is 1110. The maximum atomic E-state index is 12.7. The number of aromatic amines is 1. The lowest BCUT2D eigenvalue weighted by atomic mass is 10.1. The number of benzene rings is 2. The second kappa shape index (κ2) is 7.56. The predicted octanol–water partition coefficient (Wildman–Crippen LogP) is 3.25. The van der Waals surface area contributed by atoms with E-state index in [0.29, 0.717) is 12.2 Å². The van der Waals surface area contributed by atoms with E-state index in [4.69, 9.17) is 9.47 Å². The number of rotatable bonds is 7. The van der Waals surface area contributed by atoms with E-state index in [2.05, 4.69) is 15.3 Å². The molecule has 142 valence electrons. The number of nitrogens with zero attached hydrogens (tertiary/aromatic N) is 3. The normalized spacial score (nSPS) is 10.9. The van der Waals surface area contributed by atoms with Gasteiger partial charge in [0, 0.05) is 24.1 Å². The smallest absolute Gasteiger partial charge is 0.188 e. The molecule has 0 fully saturated rings. The summed E-state index contributed by atoms with van der Waals surface area (Å²) in [6.45, 7) is 0.549. The number of H-pyrrole nitrogens is 1. The van der Waals surface area contributed by atoms with Crippen LogP contribution in [0.3, 0.4) is 0 Å². The molecule has 0 atom stereocenters. The topological polar surface area (TPSA) is 82.0 Å². The summed E-state index contributed by atoms with van der Waals surface area (Å²) in [5.74, 6) is 1.41. The van der Waals surface area contributed by atoms with Crippen molar-refractivity contribution < 1.29 is 14.3 Å². The average Bonchev–Trinajstić information content (AvgIpc) is 3.34. The maximum absolute atomic E-state index is 12.7. The standard InChI is InChI=1S/C21H20N4O3/c1-27-16-7-14(8-17(10-16)28-2)12-25-13-15(11-22-25)9-20(26)21-18-5-3-4-6-19(18)23-24-21/h3-8,10-11,13H,9,12H2,1-2H3,(H,23,24). The Hall–Kier alpha value is -3.61. The fourth-order valence-electron chi connectivity index (χ4n) is 3.17. The SMILES string of the molecule is COc1cc(Cn2cc(CC(=O)c3n[nH]c4ccccc34)cn2)cc(OC)c1. The number of carbonyl (C=O) groups excluding carboxylic acids is 1. The molecule has 28 heavy (non-hydrogen) atoms. The molecule has 0 saturated carbocycles. The molecular formula is C21H20N4O3. The third-order valence-corrected chi connectivity index (χ3v) is 4.54. The van der Waals surface area contributed by atoms with Gasteiger partial charge in [0.15, 0.2) is 5.78 Å². The molecule has 2 heterocycles. The minimum Gasteiger partial charge on any atom is -0.497 e. The van der Waals surface area contributed by atoms with Crippen molar-refractivity contribution in [2.45, 2.75) is 13.0 Å². The van der Waals surface area contributed by atoms with E-state index < -0.39 is 0 Å². The quantitative estimate of drug-likeness (QED) is 0.501. The van der Waals surface area contributed by atoms with Gasteiger partial charge in [-0.3, -0.25) is 14.6 Å². The second-order valence-corrected chi connectivity index (χ2v) is 6.48. The zero-order chi connectivity index (χ0) is 19.5. The lowest BCUT2D eigenvalue weighted by molar-refractivity contribution is 0.0989. The maximum Gasteiger partial charge on any atom is 0.188 e. The fraction of sp³-hybridized carbons (Fsp3) is 0.190. The molecule has 2 aromatic carbocycles. The van der Waals surface area contributed by atoms with E-state index in [-0.39, 0.29) is 12.2 Å². The lowest BCUT2D eigenvalue weighted by Crippen LogP contribution is -2.04. The Kier molecular flexibility index (Phi) is 4.80. The summed E-state index contributed by atoms with van der Waals surface area (Å²) in [4.78, 5) is 12.7. The van der Waals surface area contributed by atoms with Crippen LogP contribution in [0, 0.1) is 0 Å². The Balaban J connectivity index is 1.49. The van der Waals surface area contributed by atoms with Crippen molar-refractivity contribution in [1.82, 2.24) is 20.0 Å². The molecular weight excluding hydrogens is 356 g/mol. The average molecular weight is 376 g/mol. The molecule has 0 aliphatic heterocycles. The van der Waals surface area contributed by atoms with Gasteiger partial charge in [0.1, 0.15) is 17.2 Å². The van der Waals surface area contributed by atoms with Gasteiger partial charge in [-0.25, -0.2) is 0 Å². The number of ketones is 1. The molecule has 1 N–H and O–H groups in total. The minimum atomic E-state index is -0.0416. The van der Waals surface area contributed by atoms with Crippen molar-refractivity contribution in [2.75, 3.05) is 14.2 Å². The van der Waals surface area contributed by atoms with E-state index >= 15 is 0 Å². The van der Waals surface area contributed by atoms with Crippen molar-refractivity contribution in [1.29, 1.82) is 0 Å². The first-order valence-corrected chi connectivity index (χ1v) is 8.86. The zero-order valence-electron chi connectivity index (χ0n) is 15.7. The second-order valence-electron chi connectivity index (χ2n) is 6.48. The molecule has 0 aliphatic carbocycles. The van der Waals surface area contributed by atoms with Gasteiger partial charge in [0.25, 0.3) is 0 Å². The highest BCUT2D eigenvalue weighted by Crippen LogP contribution is 2.23. The Morgan fingerprint density at radius 2 is 1.82 bits per heavy atom. The molecule has 0 amide bonds. The molecule has 0 bridgehead atoms. The number of hydrogen-bond donors (Lipinski definition) is 1. The molecule has 4 rings (SSSR count). The highest BCUT2D eigenvalue weighted by molar-refractivity contribution is 6.06. The first kappa shape index (κ1) is 17.8. The van der Waals surface area contributed by atoms with Crippen LogP contribution in [0.25, 0.3) is 10.9 Å². The van der Waals surface area contributed by atoms with Gasteiger partial charge in [0.2, 0.25) is 0 Å². The lowest BCUT2D eigenvalue weighted by Gasteiger charge is -2.08. The fourth-order valence-corrected chi connectivity index (χ4v) is 3.17. The third-order valence-electron chi connectivity index (χ3n) is 4.54. The summed E-state index contributed by atoms with van der Waals surface area (Å²) in [6.07, 6.45) is 3.83. The van der Waals surface area contributed by atoms with E-state index in [9.17, 15) is 4.79 Å². The van der Waals surface area contributed by atoms with Crippen LogP contribution in [0.4, 0.5) is 0 Å². The highest BCUT2D eigenvalue weighted by atomic mass is 16.5.